The van der Waals surface area contributed by atoms with Crippen molar-refractivity contribution in [3.63, 3.8) is 0 Å². The summed E-state index contributed by atoms with van der Waals surface area (Å²) in [5, 5.41) is 15.2. The van der Waals surface area contributed by atoms with E-state index in [9.17, 15) is 19.5 Å². The van der Waals surface area contributed by atoms with E-state index in [1.54, 1.807) is 36.5 Å². The van der Waals surface area contributed by atoms with Crippen LogP contribution in [0.1, 0.15) is 28.4 Å². The Kier molecular flexibility index (Phi) is 5.99. The highest BCUT2D eigenvalue weighted by molar-refractivity contribution is 5.94. The van der Waals surface area contributed by atoms with Crippen molar-refractivity contribution in [3.05, 3.63) is 82.3 Å². The molecule has 0 radical (unpaired) electrons. The molecule has 8 nitrogen and oxygen atoms in total. The Morgan fingerprint density at radius 3 is 2.52 bits per heavy atom. The molecule has 3 heterocycles. The molecule has 160 valence electrons. The number of aromatic nitrogens is 1. The molecule has 3 N–H and O–H groups in total. The minimum Gasteiger partial charge on any atom is -0.481 e. The van der Waals surface area contributed by atoms with Crippen LogP contribution in [-0.2, 0) is 4.79 Å². The molecule has 1 aliphatic rings. The monoisotopic (exact) mass is 420 g/mol. The predicted molar refractivity (Wildman–Crippen MR) is 118 cm³/mol. The first kappa shape index (κ1) is 20.6. The van der Waals surface area contributed by atoms with Gasteiger partial charge in [0, 0.05) is 38.1 Å². The second-order valence-corrected chi connectivity index (χ2v) is 7.50. The fourth-order valence-electron chi connectivity index (χ4n) is 3.83. The average molecular weight is 420 g/mol. The van der Waals surface area contributed by atoms with E-state index in [0.29, 0.717) is 11.1 Å². The zero-order valence-corrected chi connectivity index (χ0v) is 17.0. The molecule has 1 unspecified atom stereocenters. The molecule has 1 amide bonds. The molecule has 1 aliphatic heterocycles. The normalized spacial score (nSPS) is 14.9. The molecule has 0 saturated carbocycles. The molecule has 31 heavy (non-hydrogen) atoms. The first-order chi connectivity index (χ1) is 15.0. The standard InChI is InChI=1S/C23H24N4O4/c28-21(29)15-20(16-4-2-1-3-5-16)25-22(30)19-7-6-18-14-17(8-11-27(18)23(19)31)26-12-9-24-10-13-26/h1-8,11,14,20,24H,9-10,12-13,15H2,(H,25,30)(H,28,29). The number of carbonyl (C=O) groups is 2. The topological polar surface area (TPSA) is 103 Å². The first-order valence-corrected chi connectivity index (χ1v) is 10.2. The third kappa shape index (κ3) is 4.59. The second kappa shape index (κ2) is 9.01. The number of nitrogens with zero attached hydrogens (tertiary/aromatic N) is 2. The number of rotatable bonds is 6. The number of benzene rings is 1. The van der Waals surface area contributed by atoms with Gasteiger partial charge in [0.2, 0.25) is 0 Å². The molecule has 0 bridgehead atoms. The molecule has 1 saturated heterocycles. The van der Waals surface area contributed by atoms with Gasteiger partial charge >= 0.3 is 5.97 Å². The fraction of sp³-hybridized carbons (Fsp3) is 0.261. The van der Waals surface area contributed by atoms with Crippen LogP contribution in [0.5, 0.6) is 0 Å². The maximum atomic E-state index is 13.0. The van der Waals surface area contributed by atoms with Crippen LogP contribution in [0.15, 0.2) is 65.6 Å². The number of anilines is 1. The van der Waals surface area contributed by atoms with Gasteiger partial charge in [-0.15, -0.1) is 0 Å². The molecular weight excluding hydrogens is 396 g/mol. The van der Waals surface area contributed by atoms with Crippen LogP contribution in [0.2, 0.25) is 0 Å². The van der Waals surface area contributed by atoms with Crippen molar-refractivity contribution < 1.29 is 14.7 Å². The Morgan fingerprint density at radius 1 is 1.06 bits per heavy atom. The van der Waals surface area contributed by atoms with Crippen molar-refractivity contribution in [1.29, 1.82) is 0 Å². The van der Waals surface area contributed by atoms with E-state index in [2.05, 4.69) is 15.5 Å². The fourth-order valence-corrected chi connectivity index (χ4v) is 3.83. The number of hydrogen-bond donors (Lipinski definition) is 3. The van der Waals surface area contributed by atoms with Crippen molar-refractivity contribution in [2.24, 2.45) is 0 Å². The van der Waals surface area contributed by atoms with Gasteiger partial charge in [0.05, 0.1) is 18.0 Å². The summed E-state index contributed by atoms with van der Waals surface area (Å²) in [6, 6.07) is 15.2. The minimum atomic E-state index is -1.04. The van der Waals surface area contributed by atoms with Gasteiger partial charge in [-0.1, -0.05) is 30.3 Å². The highest BCUT2D eigenvalue weighted by Crippen LogP contribution is 2.19. The first-order valence-electron chi connectivity index (χ1n) is 10.2. The number of carboxylic acid groups (broad SMARTS) is 1. The van der Waals surface area contributed by atoms with E-state index in [4.69, 9.17) is 0 Å². The number of fused-ring (bicyclic) bond motifs is 1. The number of nitrogens with one attached hydrogen (secondary N) is 2. The lowest BCUT2D eigenvalue weighted by molar-refractivity contribution is -0.137. The molecule has 0 aliphatic carbocycles. The number of piperazine rings is 1. The SMILES string of the molecule is O=C(O)CC(NC(=O)c1ccc2cc(N3CCNCC3)ccn2c1=O)c1ccccc1. The molecular formula is C23H24N4O4. The van der Waals surface area contributed by atoms with Gasteiger partial charge in [0.25, 0.3) is 11.5 Å². The minimum absolute atomic E-state index is 0.0289. The summed E-state index contributed by atoms with van der Waals surface area (Å²) in [4.78, 5) is 39.3. The van der Waals surface area contributed by atoms with Crippen LogP contribution in [0.3, 0.4) is 0 Å². The summed E-state index contributed by atoms with van der Waals surface area (Å²) in [5.41, 5.74) is 1.92. The van der Waals surface area contributed by atoms with Crippen LogP contribution in [-0.4, -0.2) is 47.6 Å². The van der Waals surface area contributed by atoms with E-state index < -0.39 is 23.5 Å². The van der Waals surface area contributed by atoms with Gasteiger partial charge in [-0.05, 0) is 29.8 Å². The molecule has 0 spiro atoms. The summed E-state index contributed by atoms with van der Waals surface area (Å²) in [6.07, 6.45) is 1.40. The lowest BCUT2D eigenvalue weighted by Gasteiger charge is -2.29. The lowest BCUT2D eigenvalue weighted by atomic mass is 10.0. The summed E-state index contributed by atoms with van der Waals surface area (Å²) < 4.78 is 1.44. The number of hydrogen-bond acceptors (Lipinski definition) is 5. The Morgan fingerprint density at radius 2 is 1.81 bits per heavy atom. The third-order valence-electron chi connectivity index (χ3n) is 5.45. The third-order valence-corrected chi connectivity index (χ3v) is 5.45. The molecule has 1 atom stereocenters. The number of amides is 1. The Bertz CT molecular complexity index is 1150. The molecule has 1 fully saturated rings. The number of pyridine rings is 2. The van der Waals surface area contributed by atoms with E-state index in [-0.39, 0.29) is 12.0 Å². The van der Waals surface area contributed by atoms with Gasteiger partial charge in [0.15, 0.2) is 0 Å². The van der Waals surface area contributed by atoms with Crippen molar-refractivity contribution in [2.75, 3.05) is 31.1 Å². The maximum Gasteiger partial charge on any atom is 0.305 e. The van der Waals surface area contributed by atoms with Crippen LogP contribution >= 0.6 is 0 Å². The number of aliphatic carboxylic acids is 1. The Hall–Kier alpha value is -3.65. The maximum absolute atomic E-state index is 13.0. The van der Waals surface area contributed by atoms with Crippen LogP contribution < -0.4 is 21.1 Å². The van der Waals surface area contributed by atoms with Crippen molar-refractivity contribution in [2.45, 2.75) is 12.5 Å². The highest BCUT2D eigenvalue weighted by atomic mass is 16.4. The van der Waals surface area contributed by atoms with Crippen molar-refractivity contribution in [1.82, 2.24) is 15.0 Å². The molecule has 2 aromatic heterocycles. The largest absolute Gasteiger partial charge is 0.481 e. The van der Waals surface area contributed by atoms with Crippen molar-refractivity contribution >= 4 is 23.1 Å². The van der Waals surface area contributed by atoms with Gasteiger partial charge in [-0.3, -0.25) is 18.8 Å². The van der Waals surface area contributed by atoms with Crippen LogP contribution in [0.25, 0.3) is 5.52 Å². The smallest absolute Gasteiger partial charge is 0.305 e. The summed E-state index contributed by atoms with van der Waals surface area (Å²) in [6.45, 7) is 3.61. The van der Waals surface area contributed by atoms with E-state index in [1.165, 1.54) is 10.5 Å². The van der Waals surface area contributed by atoms with Gasteiger partial charge in [0.1, 0.15) is 5.56 Å². The second-order valence-electron chi connectivity index (χ2n) is 7.50. The lowest BCUT2D eigenvalue weighted by Crippen LogP contribution is -2.43. The average Bonchev–Trinajstić information content (AvgIpc) is 2.79. The van der Waals surface area contributed by atoms with Crippen LogP contribution in [0.4, 0.5) is 5.69 Å². The van der Waals surface area contributed by atoms with Gasteiger partial charge in [-0.2, -0.15) is 0 Å². The van der Waals surface area contributed by atoms with E-state index in [0.717, 1.165) is 31.9 Å². The molecule has 8 heteroatoms. The molecule has 1 aromatic carbocycles. The van der Waals surface area contributed by atoms with Gasteiger partial charge < -0.3 is 20.6 Å². The zero-order chi connectivity index (χ0) is 21.8. The zero-order valence-electron chi connectivity index (χ0n) is 17.0. The van der Waals surface area contributed by atoms with E-state index in [1.807, 2.05) is 18.2 Å². The summed E-state index contributed by atoms with van der Waals surface area (Å²) in [5.74, 6) is -1.63. The summed E-state index contributed by atoms with van der Waals surface area (Å²) >= 11 is 0. The van der Waals surface area contributed by atoms with Gasteiger partial charge in [-0.25, -0.2) is 0 Å². The number of carbonyl (C=O) groups excluding carboxylic acids is 1. The van der Waals surface area contributed by atoms with Crippen LogP contribution in [0, 0.1) is 0 Å². The van der Waals surface area contributed by atoms with Crippen molar-refractivity contribution in [3.8, 4) is 0 Å². The predicted octanol–water partition coefficient (Wildman–Crippen LogP) is 1.65. The molecule has 3 aromatic rings. The van der Waals surface area contributed by atoms with E-state index >= 15 is 0 Å². The number of carboxylic acids is 1. The summed E-state index contributed by atoms with van der Waals surface area (Å²) in [7, 11) is 0. The molecule has 4 rings (SSSR count). The Balaban J connectivity index is 1.60. The highest BCUT2D eigenvalue weighted by Gasteiger charge is 2.21. The Labute approximate surface area is 179 Å². The quantitative estimate of drug-likeness (QED) is 0.560.